The summed E-state index contributed by atoms with van der Waals surface area (Å²) in [6, 6.07) is 19.4. The number of aryl methyl sites for hydroxylation is 3. The van der Waals surface area contributed by atoms with E-state index in [1.807, 2.05) is 43.3 Å². The van der Waals surface area contributed by atoms with Gasteiger partial charge in [0.05, 0.1) is 24.6 Å². The predicted octanol–water partition coefficient (Wildman–Crippen LogP) is 5.40. The van der Waals surface area contributed by atoms with Gasteiger partial charge in [-0.1, -0.05) is 55.8 Å². The van der Waals surface area contributed by atoms with Gasteiger partial charge >= 0.3 is 6.09 Å². The van der Waals surface area contributed by atoms with Gasteiger partial charge < -0.3 is 14.8 Å². The molecule has 2 aliphatic heterocycles. The highest BCUT2D eigenvalue weighted by atomic mass is 16.5. The number of ether oxygens (including phenoxy) is 2. The normalized spacial score (nSPS) is 17.1. The van der Waals surface area contributed by atoms with Crippen LogP contribution in [0.5, 0.6) is 0 Å². The molecule has 0 aliphatic carbocycles. The molecule has 8 heteroatoms. The Kier molecular flexibility index (Phi) is 9.66. The van der Waals surface area contributed by atoms with E-state index in [2.05, 4.69) is 53.6 Å². The molecule has 2 heterocycles. The zero-order chi connectivity index (χ0) is 29.5. The SMILES string of the molecule is CCc1ccc(CC2N=C(c3ccc(NC(=O)OCCN4CCOCC4)cc3)c3cc(C)ccc3NC2=O)cc1CC. The number of hydrogen-bond donors (Lipinski definition) is 2. The molecule has 0 bridgehead atoms. The summed E-state index contributed by atoms with van der Waals surface area (Å²) in [7, 11) is 0. The minimum atomic E-state index is -0.580. The van der Waals surface area contributed by atoms with Gasteiger partial charge in [-0.15, -0.1) is 0 Å². The zero-order valence-corrected chi connectivity index (χ0v) is 24.7. The number of carbonyl (C=O) groups excluding carboxylic acids is 2. The van der Waals surface area contributed by atoms with Crippen molar-refractivity contribution in [2.75, 3.05) is 50.1 Å². The highest BCUT2D eigenvalue weighted by molar-refractivity contribution is 6.19. The van der Waals surface area contributed by atoms with Gasteiger partial charge in [0.25, 0.3) is 0 Å². The zero-order valence-electron chi connectivity index (χ0n) is 24.7. The first-order valence-electron chi connectivity index (χ1n) is 14.9. The number of anilines is 2. The summed E-state index contributed by atoms with van der Waals surface area (Å²) in [6.45, 7) is 10.5. The highest BCUT2D eigenvalue weighted by Crippen LogP contribution is 2.27. The van der Waals surface area contributed by atoms with Crippen LogP contribution in [-0.2, 0) is 33.5 Å². The van der Waals surface area contributed by atoms with Gasteiger partial charge in [0, 0.05) is 42.9 Å². The monoisotopic (exact) mass is 568 g/mol. The Bertz CT molecular complexity index is 1440. The molecule has 1 atom stereocenters. The standard InChI is InChI=1S/C34H40N4O4/c1-4-25-8-7-24(21-26(25)5-2)22-31-33(39)37-30-13-6-23(3)20-29(30)32(36-31)27-9-11-28(12-10-27)35-34(40)42-19-16-38-14-17-41-18-15-38/h6-13,20-21,31H,4-5,14-19,22H2,1-3H3,(H,35,40)(H,37,39). The molecule has 0 spiro atoms. The smallest absolute Gasteiger partial charge is 0.411 e. The lowest BCUT2D eigenvalue weighted by molar-refractivity contribution is -0.117. The number of benzodiazepines with no additional fused rings is 1. The van der Waals surface area contributed by atoms with Crippen LogP contribution < -0.4 is 10.6 Å². The number of nitrogens with one attached hydrogen (secondary N) is 2. The molecule has 0 saturated carbocycles. The highest BCUT2D eigenvalue weighted by Gasteiger charge is 2.26. The maximum atomic E-state index is 13.4. The first kappa shape index (κ1) is 29.5. The maximum absolute atomic E-state index is 13.4. The van der Waals surface area contributed by atoms with Crippen LogP contribution in [0.4, 0.5) is 16.2 Å². The number of carbonyl (C=O) groups is 2. The van der Waals surface area contributed by atoms with E-state index in [4.69, 9.17) is 14.5 Å². The molecule has 5 rings (SSSR count). The van der Waals surface area contributed by atoms with E-state index in [9.17, 15) is 9.59 Å². The number of rotatable bonds is 9. The van der Waals surface area contributed by atoms with Crippen molar-refractivity contribution in [3.05, 3.63) is 94.0 Å². The second-order valence-electron chi connectivity index (χ2n) is 10.8. The minimum absolute atomic E-state index is 0.120. The van der Waals surface area contributed by atoms with Crippen LogP contribution in [0.1, 0.15) is 47.2 Å². The Labute approximate surface area is 248 Å². The van der Waals surface area contributed by atoms with Crippen molar-refractivity contribution < 1.29 is 19.1 Å². The number of nitrogens with zero attached hydrogens (tertiary/aromatic N) is 2. The molecule has 3 aromatic carbocycles. The van der Waals surface area contributed by atoms with E-state index >= 15 is 0 Å². The Morgan fingerprint density at radius 2 is 1.79 bits per heavy atom. The Morgan fingerprint density at radius 1 is 1.02 bits per heavy atom. The maximum Gasteiger partial charge on any atom is 0.411 e. The third kappa shape index (κ3) is 7.24. The van der Waals surface area contributed by atoms with Gasteiger partial charge in [0.15, 0.2) is 0 Å². The van der Waals surface area contributed by atoms with Gasteiger partial charge in [0.1, 0.15) is 12.6 Å². The topological polar surface area (TPSA) is 92.3 Å². The average Bonchev–Trinajstić information content (AvgIpc) is 3.13. The fourth-order valence-electron chi connectivity index (χ4n) is 5.49. The predicted molar refractivity (Wildman–Crippen MR) is 167 cm³/mol. The molecule has 0 aromatic heterocycles. The minimum Gasteiger partial charge on any atom is -0.448 e. The third-order valence-electron chi connectivity index (χ3n) is 7.89. The molecule has 42 heavy (non-hydrogen) atoms. The summed E-state index contributed by atoms with van der Waals surface area (Å²) < 4.78 is 10.7. The van der Waals surface area contributed by atoms with E-state index in [0.717, 1.165) is 59.6 Å². The molecular formula is C34H40N4O4. The van der Waals surface area contributed by atoms with Crippen LogP contribution in [-0.4, -0.2) is 68.1 Å². The number of aliphatic imine (C=N–C) groups is 1. The number of morpholine rings is 1. The molecule has 8 nitrogen and oxygen atoms in total. The van der Waals surface area contributed by atoms with Crippen molar-refractivity contribution in [1.82, 2.24) is 4.90 Å². The quantitative estimate of drug-likeness (QED) is 0.361. The Morgan fingerprint density at radius 3 is 2.52 bits per heavy atom. The lowest BCUT2D eigenvalue weighted by Gasteiger charge is -2.26. The number of hydrogen-bond acceptors (Lipinski definition) is 6. The largest absolute Gasteiger partial charge is 0.448 e. The fourth-order valence-corrected chi connectivity index (χ4v) is 5.49. The average molecular weight is 569 g/mol. The van der Waals surface area contributed by atoms with Gasteiger partial charge in [-0.25, -0.2) is 4.79 Å². The summed E-state index contributed by atoms with van der Waals surface area (Å²) in [6.07, 6.45) is 1.96. The summed E-state index contributed by atoms with van der Waals surface area (Å²) in [5, 5.41) is 5.92. The van der Waals surface area contributed by atoms with Crippen LogP contribution in [0, 0.1) is 6.92 Å². The van der Waals surface area contributed by atoms with E-state index in [1.54, 1.807) is 0 Å². The number of benzene rings is 3. The van der Waals surface area contributed by atoms with Crippen LogP contribution in [0.25, 0.3) is 0 Å². The molecule has 1 fully saturated rings. The lowest BCUT2D eigenvalue weighted by Crippen LogP contribution is -2.38. The Hall–Kier alpha value is -4.01. The van der Waals surface area contributed by atoms with E-state index in [-0.39, 0.29) is 5.91 Å². The summed E-state index contributed by atoms with van der Waals surface area (Å²) in [5.74, 6) is -0.120. The van der Waals surface area contributed by atoms with E-state index in [1.165, 1.54) is 11.1 Å². The van der Waals surface area contributed by atoms with Gasteiger partial charge in [0.2, 0.25) is 5.91 Å². The first-order chi connectivity index (χ1) is 20.4. The molecule has 3 aromatic rings. The van der Waals surface area contributed by atoms with E-state index < -0.39 is 12.1 Å². The van der Waals surface area contributed by atoms with Gasteiger partial charge in [-0.3, -0.25) is 20.0 Å². The molecule has 2 amide bonds. The van der Waals surface area contributed by atoms with Crippen LogP contribution in [0.3, 0.4) is 0 Å². The molecule has 0 radical (unpaired) electrons. The molecular weight excluding hydrogens is 528 g/mol. The summed E-state index contributed by atoms with van der Waals surface area (Å²) in [4.78, 5) is 33.0. The second-order valence-corrected chi connectivity index (χ2v) is 10.8. The van der Waals surface area contributed by atoms with Gasteiger partial charge in [-0.2, -0.15) is 0 Å². The van der Waals surface area contributed by atoms with Crippen molar-refractivity contribution in [2.45, 2.75) is 46.1 Å². The molecule has 2 aliphatic rings. The number of amides is 2. The van der Waals surface area contributed by atoms with E-state index in [0.29, 0.717) is 38.5 Å². The van der Waals surface area contributed by atoms with Crippen LogP contribution in [0.2, 0.25) is 0 Å². The van der Waals surface area contributed by atoms with Crippen molar-refractivity contribution in [3.63, 3.8) is 0 Å². The molecule has 1 unspecified atom stereocenters. The summed E-state index contributed by atoms with van der Waals surface area (Å²) in [5.41, 5.74) is 8.70. The molecule has 220 valence electrons. The molecule has 1 saturated heterocycles. The number of fused-ring (bicyclic) bond motifs is 1. The first-order valence-corrected chi connectivity index (χ1v) is 14.9. The molecule has 2 N–H and O–H groups in total. The van der Waals surface area contributed by atoms with Gasteiger partial charge in [-0.05, 0) is 60.7 Å². The van der Waals surface area contributed by atoms with Crippen LogP contribution in [0.15, 0.2) is 65.7 Å². The van der Waals surface area contributed by atoms with Crippen molar-refractivity contribution in [3.8, 4) is 0 Å². The van der Waals surface area contributed by atoms with Crippen molar-refractivity contribution in [2.24, 2.45) is 4.99 Å². The fraction of sp³-hybridized carbons (Fsp3) is 0.382. The summed E-state index contributed by atoms with van der Waals surface area (Å²) >= 11 is 0. The lowest BCUT2D eigenvalue weighted by atomic mass is 9.96. The van der Waals surface area contributed by atoms with Crippen LogP contribution >= 0.6 is 0 Å². The van der Waals surface area contributed by atoms with Crippen molar-refractivity contribution >= 4 is 29.1 Å². The third-order valence-corrected chi connectivity index (χ3v) is 7.89. The van der Waals surface area contributed by atoms with Crippen molar-refractivity contribution in [1.29, 1.82) is 0 Å². The second kappa shape index (κ2) is 13.8. The Balaban J connectivity index is 1.34.